The number of amides is 2. The van der Waals surface area contributed by atoms with E-state index in [2.05, 4.69) is 5.32 Å². The molecular weight excluding hydrogens is 466 g/mol. The summed E-state index contributed by atoms with van der Waals surface area (Å²) in [4.78, 5) is 27.3. The molecule has 2 rings (SSSR count). The van der Waals surface area contributed by atoms with Crippen LogP contribution >= 0.6 is 11.6 Å². The molecule has 0 fully saturated rings. The molecule has 1 atom stereocenters. The molecule has 0 saturated carbocycles. The molecule has 0 aliphatic rings. The van der Waals surface area contributed by atoms with Gasteiger partial charge in [-0.05, 0) is 36.6 Å². The monoisotopic (exact) mass is 495 g/mol. The fourth-order valence-electron chi connectivity index (χ4n) is 3.13. The fourth-order valence-corrected chi connectivity index (χ4v) is 3.98. The maximum Gasteiger partial charge on any atom is 0.242 e. The highest BCUT2D eigenvalue weighted by atomic mass is 35.5. The quantitative estimate of drug-likeness (QED) is 0.438. The van der Waals surface area contributed by atoms with Gasteiger partial charge < -0.3 is 15.3 Å². The largest absolute Gasteiger partial charge is 0.396 e. The molecule has 2 aromatic rings. The van der Waals surface area contributed by atoms with Crippen molar-refractivity contribution in [3.63, 3.8) is 0 Å². The number of nitrogens with one attached hydrogen (secondary N) is 1. The smallest absolute Gasteiger partial charge is 0.242 e. The van der Waals surface area contributed by atoms with Crippen LogP contribution in [0.5, 0.6) is 0 Å². The topological polar surface area (TPSA) is 107 Å². The molecule has 180 valence electrons. The summed E-state index contributed by atoms with van der Waals surface area (Å²) in [6, 6.07) is 15.0. The highest BCUT2D eigenvalue weighted by Gasteiger charge is 2.29. The van der Waals surface area contributed by atoms with E-state index in [4.69, 9.17) is 16.7 Å². The van der Waals surface area contributed by atoms with Crippen LogP contribution in [0.25, 0.3) is 0 Å². The molecule has 2 amide bonds. The number of hydrogen-bond acceptors (Lipinski definition) is 5. The predicted molar refractivity (Wildman–Crippen MR) is 128 cm³/mol. The summed E-state index contributed by atoms with van der Waals surface area (Å²) in [6.45, 7) is 1.53. The number of carbonyl (C=O) groups is 2. The Morgan fingerprint density at radius 3 is 2.21 bits per heavy atom. The van der Waals surface area contributed by atoms with Crippen LogP contribution in [0.4, 0.5) is 0 Å². The van der Waals surface area contributed by atoms with Crippen molar-refractivity contribution in [2.24, 2.45) is 0 Å². The number of aliphatic hydroxyl groups excluding tert-OH is 1. The lowest BCUT2D eigenvalue weighted by atomic mass is 10.1. The second kappa shape index (κ2) is 12.7. The molecule has 2 N–H and O–H groups in total. The van der Waals surface area contributed by atoms with Crippen molar-refractivity contribution < 1.29 is 23.1 Å². The van der Waals surface area contributed by atoms with Crippen molar-refractivity contribution in [3.05, 3.63) is 70.7 Å². The number of halogens is 1. The minimum atomic E-state index is -3.69. The molecule has 0 saturated heterocycles. The van der Waals surface area contributed by atoms with Crippen molar-refractivity contribution in [2.45, 2.75) is 32.5 Å². The van der Waals surface area contributed by atoms with Gasteiger partial charge in [-0.2, -0.15) is 4.31 Å². The van der Waals surface area contributed by atoms with E-state index in [0.29, 0.717) is 11.4 Å². The van der Waals surface area contributed by atoms with Gasteiger partial charge in [-0.25, -0.2) is 8.42 Å². The Morgan fingerprint density at radius 2 is 1.64 bits per heavy atom. The molecule has 0 aromatic heterocycles. The second-order valence-corrected chi connectivity index (χ2v) is 10.1. The summed E-state index contributed by atoms with van der Waals surface area (Å²) >= 11 is 5.95. The number of sulfonamides is 1. The Labute approximate surface area is 200 Å². The average Bonchev–Trinajstić information content (AvgIpc) is 2.78. The lowest BCUT2D eigenvalue weighted by molar-refractivity contribution is -0.140. The molecule has 33 heavy (non-hydrogen) atoms. The standard InChI is InChI=1S/C23H30ClN3O5S/c1-18(23(30)25-13-6-14-28)27(16-20-9-11-21(24)12-10-20)22(29)17-26(33(2,31)32)15-19-7-4-3-5-8-19/h3-5,7-12,18,28H,6,13-17H2,1-2H3,(H,25,30)/t18-/m1/s1. The number of nitrogens with zero attached hydrogens (tertiary/aromatic N) is 2. The van der Waals surface area contributed by atoms with Crippen molar-refractivity contribution in [1.82, 2.24) is 14.5 Å². The summed E-state index contributed by atoms with van der Waals surface area (Å²) < 4.78 is 25.9. The second-order valence-electron chi connectivity index (χ2n) is 7.71. The van der Waals surface area contributed by atoms with Crippen LogP contribution in [-0.4, -0.2) is 66.5 Å². The normalized spacial score (nSPS) is 12.4. The van der Waals surface area contributed by atoms with Crippen LogP contribution in [0, 0.1) is 0 Å². The first kappa shape index (κ1) is 26.8. The Hall–Kier alpha value is -2.46. The molecule has 0 bridgehead atoms. The zero-order valence-corrected chi connectivity index (χ0v) is 20.3. The number of aliphatic hydroxyl groups is 1. The van der Waals surface area contributed by atoms with Gasteiger partial charge in [0.25, 0.3) is 0 Å². The van der Waals surface area contributed by atoms with Crippen LogP contribution in [0.1, 0.15) is 24.5 Å². The molecule has 0 unspecified atom stereocenters. The van der Waals surface area contributed by atoms with Crippen LogP contribution in [0.2, 0.25) is 5.02 Å². The van der Waals surface area contributed by atoms with Gasteiger partial charge >= 0.3 is 0 Å². The first-order chi connectivity index (χ1) is 15.6. The van der Waals surface area contributed by atoms with E-state index in [1.54, 1.807) is 55.5 Å². The first-order valence-corrected chi connectivity index (χ1v) is 12.8. The van der Waals surface area contributed by atoms with Gasteiger partial charge in [-0.15, -0.1) is 0 Å². The third kappa shape index (κ3) is 8.77. The summed E-state index contributed by atoms with van der Waals surface area (Å²) in [5.74, 6) is -0.893. The molecule has 0 aliphatic heterocycles. The summed E-state index contributed by atoms with van der Waals surface area (Å²) in [6.07, 6.45) is 1.44. The average molecular weight is 496 g/mol. The summed E-state index contributed by atoms with van der Waals surface area (Å²) in [5, 5.41) is 12.2. The third-order valence-electron chi connectivity index (χ3n) is 5.05. The van der Waals surface area contributed by atoms with E-state index in [1.807, 2.05) is 6.07 Å². The zero-order valence-electron chi connectivity index (χ0n) is 18.8. The molecule has 0 radical (unpaired) electrons. The Kier molecular flexibility index (Phi) is 10.3. The van der Waals surface area contributed by atoms with Gasteiger partial charge in [-0.3, -0.25) is 9.59 Å². The fraction of sp³-hybridized carbons (Fsp3) is 0.391. The predicted octanol–water partition coefficient (Wildman–Crippen LogP) is 2.02. The van der Waals surface area contributed by atoms with E-state index in [-0.39, 0.29) is 32.1 Å². The lowest BCUT2D eigenvalue weighted by Gasteiger charge is -2.31. The van der Waals surface area contributed by atoms with E-state index in [0.717, 1.165) is 21.7 Å². The van der Waals surface area contributed by atoms with Crippen molar-refractivity contribution in [3.8, 4) is 0 Å². The van der Waals surface area contributed by atoms with E-state index < -0.39 is 28.5 Å². The maximum absolute atomic E-state index is 13.3. The van der Waals surface area contributed by atoms with Crippen molar-refractivity contribution in [2.75, 3.05) is 26.0 Å². The molecule has 0 spiro atoms. The Bertz CT molecular complexity index is 1020. The Balaban J connectivity index is 2.25. The maximum atomic E-state index is 13.3. The number of carbonyl (C=O) groups excluding carboxylic acids is 2. The van der Waals surface area contributed by atoms with Gasteiger partial charge in [0.15, 0.2) is 0 Å². The van der Waals surface area contributed by atoms with Crippen LogP contribution in [0.3, 0.4) is 0 Å². The molecule has 2 aromatic carbocycles. The molecule has 10 heteroatoms. The van der Waals surface area contributed by atoms with Crippen molar-refractivity contribution >= 4 is 33.4 Å². The van der Waals surface area contributed by atoms with Gasteiger partial charge in [0, 0.05) is 31.3 Å². The van der Waals surface area contributed by atoms with E-state index >= 15 is 0 Å². The van der Waals surface area contributed by atoms with Gasteiger partial charge in [-0.1, -0.05) is 54.1 Å². The third-order valence-corrected chi connectivity index (χ3v) is 6.50. The van der Waals surface area contributed by atoms with Gasteiger partial charge in [0.05, 0.1) is 12.8 Å². The number of hydrogen-bond donors (Lipinski definition) is 2. The summed E-state index contributed by atoms with van der Waals surface area (Å²) in [5.41, 5.74) is 1.49. The van der Waals surface area contributed by atoms with Crippen molar-refractivity contribution in [1.29, 1.82) is 0 Å². The highest BCUT2D eigenvalue weighted by Crippen LogP contribution is 2.15. The number of benzene rings is 2. The lowest BCUT2D eigenvalue weighted by Crippen LogP contribution is -2.51. The van der Waals surface area contributed by atoms with E-state index in [9.17, 15) is 18.0 Å². The molecule has 8 nitrogen and oxygen atoms in total. The minimum Gasteiger partial charge on any atom is -0.396 e. The van der Waals surface area contributed by atoms with Gasteiger partial charge in [0.1, 0.15) is 6.04 Å². The van der Waals surface area contributed by atoms with E-state index in [1.165, 1.54) is 4.90 Å². The summed E-state index contributed by atoms with van der Waals surface area (Å²) in [7, 11) is -3.69. The first-order valence-electron chi connectivity index (χ1n) is 10.5. The van der Waals surface area contributed by atoms with Crippen LogP contribution in [-0.2, 0) is 32.7 Å². The minimum absolute atomic E-state index is 0.0390. The molecule has 0 aliphatic carbocycles. The molecule has 0 heterocycles. The highest BCUT2D eigenvalue weighted by molar-refractivity contribution is 7.88. The van der Waals surface area contributed by atoms with Gasteiger partial charge in [0.2, 0.25) is 21.8 Å². The molecular formula is C23H30ClN3O5S. The SMILES string of the molecule is C[C@H](C(=O)NCCCO)N(Cc1ccc(Cl)cc1)C(=O)CN(Cc1ccccc1)S(C)(=O)=O. The van der Waals surface area contributed by atoms with Crippen LogP contribution in [0.15, 0.2) is 54.6 Å². The Morgan fingerprint density at radius 1 is 1.03 bits per heavy atom. The zero-order chi connectivity index (χ0) is 24.4. The van der Waals surface area contributed by atoms with Crippen LogP contribution < -0.4 is 5.32 Å². The number of rotatable bonds is 12.